The van der Waals surface area contributed by atoms with Crippen LogP contribution in [0, 0.1) is 0 Å². The number of pyridine rings is 1. The Morgan fingerprint density at radius 3 is 1.83 bits per heavy atom. The quantitative estimate of drug-likeness (QED) is 0.292. The molecule has 0 aliphatic heterocycles. The van der Waals surface area contributed by atoms with Crippen molar-refractivity contribution in [3.63, 3.8) is 0 Å². The van der Waals surface area contributed by atoms with Crippen LogP contribution in [-0.4, -0.2) is 32.2 Å². The maximum Gasteiger partial charge on any atom is 0.328 e. The summed E-state index contributed by atoms with van der Waals surface area (Å²) in [6.45, 7) is 0. The molecule has 184 valence electrons. The zero-order chi connectivity index (χ0) is 25.9. The molecule has 0 fully saturated rings. The minimum Gasteiger partial charge on any atom is -0.478 e. The number of nitrogen functional groups attached to an aromatic ring is 1. The second-order valence-corrected chi connectivity index (χ2v) is 8.05. The predicted molar refractivity (Wildman–Crippen MR) is 140 cm³/mol. The summed E-state index contributed by atoms with van der Waals surface area (Å²) in [7, 11) is 0. The van der Waals surface area contributed by atoms with Crippen LogP contribution >= 0.6 is 0 Å². The van der Waals surface area contributed by atoms with Gasteiger partial charge in [-0.3, -0.25) is 4.98 Å². The minimum atomic E-state index is -1.26. The first-order valence-corrected chi connectivity index (χ1v) is 11.5. The van der Waals surface area contributed by atoms with E-state index in [2.05, 4.69) is 53.5 Å². The number of carboxylic acid groups (broad SMARTS) is 2. The van der Waals surface area contributed by atoms with Crippen molar-refractivity contribution < 1.29 is 24.9 Å². The molecule has 1 unspecified atom stereocenters. The summed E-state index contributed by atoms with van der Waals surface area (Å²) in [4.78, 5) is 23.7. The molecule has 5 rings (SSSR count). The molecule has 3 aromatic carbocycles. The first-order chi connectivity index (χ1) is 17.4. The van der Waals surface area contributed by atoms with Crippen LogP contribution in [0.3, 0.4) is 0 Å². The Labute approximate surface area is 209 Å². The third kappa shape index (κ3) is 7.25. The van der Waals surface area contributed by atoms with Crippen LogP contribution in [0.15, 0.2) is 97.1 Å². The van der Waals surface area contributed by atoms with Gasteiger partial charge < -0.3 is 21.1 Å². The molecule has 0 bridgehead atoms. The summed E-state index contributed by atoms with van der Waals surface area (Å²) < 4.78 is 0. The standard InChI is InChI=1S/C13H14N2O.C12H10.C4H4O4/c14-13-8-4-1-2-5-9(8)15-10-6-3-7-11(16)12(10)13;1-3-7-11(8-4-1)12-9-5-2-6-10-12;5-3(6)1-2-4(7)8/h1-2,4-5,11,16H,3,6-7H2,(H2,14,15);1-10H;1-2H,(H,5,6)(H,7,8)/b;;2-1-. The average molecular weight is 485 g/mol. The zero-order valence-corrected chi connectivity index (χ0v) is 19.6. The van der Waals surface area contributed by atoms with Crippen LogP contribution in [0.2, 0.25) is 0 Å². The van der Waals surface area contributed by atoms with Gasteiger partial charge in [0.15, 0.2) is 0 Å². The highest BCUT2D eigenvalue weighted by atomic mass is 16.4. The number of benzene rings is 3. The smallest absolute Gasteiger partial charge is 0.328 e. The van der Waals surface area contributed by atoms with Gasteiger partial charge in [-0.2, -0.15) is 0 Å². The minimum absolute atomic E-state index is 0.444. The number of hydrogen-bond acceptors (Lipinski definition) is 5. The Morgan fingerprint density at radius 2 is 1.31 bits per heavy atom. The first-order valence-electron chi connectivity index (χ1n) is 11.5. The van der Waals surface area contributed by atoms with E-state index in [1.807, 2.05) is 36.4 Å². The van der Waals surface area contributed by atoms with E-state index in [0.717, 1.165) is 41.4 Å². The van der Waals surface area contributed by atoms with Crippen LogP contribution in [0.25, 0.3) is 22.0 Å². The van der Waals surface area contributed by atoms with Gasteiger partial charge in [0, 0.05) is 34.5 Å². The number of aryl methyl sites for hydroxylation is 1. The van der Waals surface area contributed by atoms with Crippen molar-refractivity contribution in [2.75, 3.05) is 5.73 Å². The lowest BCUT2D eigenvalue weighted by molar-refractivity contribution is -0.134. The molecule has 1 aromatic heterocycles. The van der Waals surface area contributed by atoms with Crippen molar-refractivity contribution in [2.45, 2.75) is 25.4 Å². The molecule has 0 spiro atoms. The highest BCUT2D eigenvalue weighted by Gasteiger charge is 2.23. The molecule has 1 atom stereocenters. The van der Waals surface area contributed by atoms with Crippen LogP contribution < -0.4 is 5.73 Å². The van der Waals surface area contributed by atoms with Crippen molar-refractivity contribution in [2.24, 2.45) is 0 Å². The van der Waals surface area contributed by atoms with Crippen LogP contribution in [-0.2, 0) is 16.0 Å². The Morgan fingerprint density at radius 1 is 0.806 bits per heavy atom. The number of aliphatic carboxylic acids is 2. The summed E-state index contributed by atoms with van der Waals surface area (Å²) in [6, 6.07) is 28.6. The first kappa shape index (κ1) is 26.1. The van der Waals surface area contributed by atoms with E-state index in [0.29, 0.717) is 17.8 Å². The van der Waals surface area contributed by atoms with E-state index in [-0.39, 0.29) is 0 Å². The lowest BCUT2D eigenvalue weighted by atomic mass is 9.90. The molecule has 0 radical (unpaired) electrons. The Kier molecular flexibility index (Phi) is 9.31. The fourth-order valence-corrected chi connectivity index (χ4v) is 3.88. The second kappa shape index (κ2) is 12.8. The third-order valence-electron chi connectivity index (χ3n) is 5.52. The van der Waals surface area contributed by atoms with Crippen molar-refractivity contribution >= 4 is 28.5 Å². The summed E-state index contributed by atoms with van der Waals surface area (Å²) in [6.07, 6.45) is 3.36. The van der Waals surface area contributed by atoms with Gasteiger partial charge in [0.1, 0.15) is 0 Å². The molecule has 1 heterocycles. The van der Waals surface area contributed by atoms with E-state index in [9.17, 15) is 14.7 Å². The average Bonchev–Trinajstić information content (AvgIpc) is 2.89. The summed E-state index contributed by atoms with van der Waals surface area (Å²) in [5, 5.41) is 26.6. The summed E-state index contributed by atoms with van der Waals surface area (Å²) in [5.74, 6) is -2.51. The number of rotatable bonds is 3. The molecule has 5 N–H and O–H groups in total. The van der Waals surface area contributed by atoms with Crippen molar-refractivity contribution in [1.82, 2.24) is 4.98 Å². The predicted octanol–water partition coefficient (Wildman–Crippen LogP) is 5.25. The lowest BCUT2D eigenvalue weighted by Gasteiger charge is -2.23. The molecule has 0 saturated heterocycles. The van der Waals surface area contributed by atoms with Gasteiger partial charge in [0.25, 0.3) is 0 Å². The molecule has 7 heteroatoms. The fraction of sp³-hybridized carbons (Fsp3) is 0.138. The number of nitrogens with zero attached hydrogens (tertiary/aromatic N) is 1. The number of carbonyl (C=O) groups is 2. The maximum atomic E-state index is 9.98. The Hall–Kier alpha value is -4.49. The highest BCUT2D eigenvalue weighted by molar-refractivity contribution is 5.92. The van der Waals surface area contributed by atoms with Gasteiger partial charge in [-0.25, -0.2) is 9.59 Å². The number of hydrogen-bond donors (Lipinski definition) is 4. The molecule has 4 aromatic rings. The molecule has 0 amide bonds. The maximum absolute atomic E-state index is 9.98. The number of aliphatic hydroxyl groups is 1. The molecule has 1 aliphatic carbocycles. The number of aromatic nitrogens is 1. The van der Waals surface area contributed by atoms with Crippen LogP contribution in [0.1, 0.15) is 30.2 Å². The normalized spacial score (nSPS) is 14.1. The Bertz CT molecular complexity index is 1280. The van der Waals surface area contributed by atoms with Crippen LogP contribution in [0.4, 0.5) is 5.69 Å². The van der Waals surface area contributed by atoms with Gasteiger partial charge in [-0.05, 0) is 36.5 Å². The molecule has 0 saturated carbocycles. The largest absolute Gasteiger partial charge is 0.478 e. The molecule has 7 nitrogen and oxygen atoms in total. The van der Waals surface area contributed by atoms with Crippen molar-refractivity contribution in [1.29, 1.82) is 0 Å². The van der Waals surface area contributed by atoms with Gasteiger partial charge in [-0.1, -0.05) is 78.9 Å². The van der Waals surface area contributed by atoms with E-state index >= 15 is 0 Å². The number of fused-ring (bicyclic) bond motifs is 2. The third-order valence-corrected chi connectivity index (χ3v) is 5.52. The monoisotopic (exact) mass is 484 g/mol. The molecular weight excluding hydrogens is 456 g/mol. The summed E-state index contributed by atoms with van der Waals surface area (Å²) >= 11 is 0. The number of para-hydroxylation sites is 1. The molecule has 1 aliphatic rings. The van der Waals surface area contributed by atoms with E-state index in [1.54, 1.807) is 0 Å². The van der Waals surface area contributed by atoms with Gasteiger partial charge >= 0.3 is 11.9 Å². The lowest BCUT2D eigenvalue weighted by Crippen LogP contribution is -2.14. The Balaban J connectivity index is 0.000000161. The van der Waals surface area contributed by atoms with E-state index < -0.39 is 18.0 Å². The topological polar surface area (TPSA) is 134 Å². The van der Waals surface area contributed by atoms with Gasteiger partial charge in [0.05, 0.1) is 11.6 Å². The SMILES string of the molecule is Nc1c2c(nc3ccccc13)CCCC2O.O=C(O)/C=C\C(=O)O.c1ccc(-c2ccccc2)cc1. The van der Waals surface area contributed by atoms with Crippen LogP contribution in [0.5, 0.6) is 0 Å². The summed E-state index contributed by atoms with van der Waals surface area (Å²) in [5.41, 5.74) is 12.1. The highest BCUT2D eigenvalue weighted by Crippen LogP contribution is 2.36. The number of carboxylic acids is 2. The number of aliphatic hydroxyl groups excluding tert-OH is 1. The second-order valence-electron chi connectivity index (χ2n) is 8.05. The fourth-order valence-electron chi connectivity index (χ4n) is 3.88. The number of nitrogens with two attached hydrogens (primary N) is 1. The number of anilines is 1. The van der Waals surface area contributed by atoms with Gasteiger partial charge in [0.2, 0.25) is 0 Å². The molecular formula is C29H28N2O5. The zero-order valence-electron chi connectivity index (χ0n) is 19.6. The van der Waals surface area contributed by atoms with Crippen molar-refractivity contribution in [3.8, 4) is 11.1 Å². The van der Waals surface area contributed by atoms with Gasteiger partial charge in [-0.15, -0.1) is 0 Å². The molecule has 36 heavy (non-hydrogen) atoms. The van der Waals surface area contributed by atoms with Crippen molar-refractivity contribution in [3.05, 3.63) is 108 Å². The van der Waals surface area contributed by atoms with E-state index in [1.165, 1.54) is 11.1 Å². The van der Waals surface area contributed by atoms with E-state index in [4.69, 9.17) is 15.9 Å².